The maximum Gasteiger partial charge on any atom is 0.231 e. The van der Waals surface area contributed by atoms with Gasteiger partial charge in [0, 0.05) is 43.8 Å². The van der Waals surface area contributed by atoms with E-state index < -0.39 is 0 Å². The Morgan fingerprint density at radius 3 is 2.50 bits per heavy atom. The third-order valence-corrected chi connectivity index (χ3v) is 4.19. The van der Waals surface area contributed by atoms with Gasteiger partial charge in [0.1, 0.15) is 0 Å². The van der Waals surface area contributed by atoms with E-state index in [-0.39, 0.29) is 5.54 Å². The zero-order valence-corrected chi connectivity index (χ0v) is 12.7. The largest absolute Gasteiger partial charge is 0.454 e. The summed E-state index contributed by atoms with van der Waals surface area (Å²) in [6, 6.07) is 6.17. The van der Waals surface area contributed by atoms with E-state index in [2.05, 4.69) is 36.6 Å². The summed E-state index contributed by atoms with van der Waals surface area (Å²) in [4.78, 5) is 5.05. The number of hydrogen-bond donors (Lipinski definition) is 0. The van der Waals surface area contributed by atoms with Gasteiger partial charge in [-0.3, -0.25) is 9.80 Å². The molecule has 3 rings (SSSR count). The molecule has 1 fully saturated rings. The van der Waals surface area contributed by atoms with E-state index in [1.807, 2.05) is 12.1 Å². The van der Waals surface area contributed by atoms with Crippen molar-refractivity contribution < 1.29 is 9.47 Å². The fourth-order valence-corrected chi connectivity index (χ4v) is 2.93. The highest BCUT2D eigenvalue weighted by Gasteiger charge is 2.26. The predicted molar refractivity (Wildman–Crippen MR) is 79.2 cm³/mol. The molecule has 1 aromatic rings. The first-order valence-electron chi connectivity index (χ1n) is 7.39. The normalized spacial score (nSPS) is 20.4. The molecule has 20 heavy (non-hydrogen) atoms. The first-order chi connectivity index (χ1) is 9.54. The van der Waals surface area contributed by atoms with Crippen LogP contribution in [0.1, 0.15) is 26.3 Å². The highest BCUT2D eigenvalue weighted by molar-refractivity contribution is 5.48. The molecule has 0 amide bonds. The smallest absolute Gasteiger partial charge is 0.231 e. The van der Waals surface area contributed by atoms with E-state index in [1.165, 1.54) is 5.56 Å². The molecule has 0 atom stereocenters. The van der Waals surface area contributed by atoms with Gasteiger partial charge in [0.05, 0.1) is 0 Å². The highest BCUT2D eigenvalue weighted by Crippen LogP contribution is 2.36. The van der Waals surface area contributed by atoms with Crippen molar-refractivity contribution in [3.63, 3.8) is 0 Å². The van der Waals surface area contributed by atoms with Gasteiger partial charge in [0.25, 0.3) is 0 Å². The van der Waals surface area contributed by atoms with Crippen molar-refractivity contribution in [3.05, 3.63) is 23.8 Å². The Morgan fingerprint density at radius 1 is 1.05 bits per heavy atom. The zero-order chi connectivity index (χ0) is 14.2. The summed E-state index contributed by atoms with van der Waals surface area (Å²) in [5, 5.41) is 0. The van der Waals surface area contributed by atoms with Crippen LogP contribution in [0.15, 0.2) is 18.2 Å². The van der Waals surface area contributed by atoms with Crippen molar-refractivity contribution in [2.24, 2.45) is 0 Å². The Hall–Kier alpha value is -1.26. The second-order valence-electron chi connectivity index (χ2n) is 6.58. The van der Waals surface area contributed by atoms with Crippen molar-refractivity contribution >= 4 is 0 Å². The lowest BCUT2D eigenvalue weighted by Gasteiger charge is -2.42. The van der Waals surface area contributed by atoms with Crippen LogP contribution in [0.3, 0.4) is 0 Å². The third-order valence-electron chi connectivity index (χ3n) is 4.19. The van der Waals surface area contributed by atoms with E-state index in [4.69, 9.17) is 9.47 Å². The van der Waals surface area contributed by atoms with Crippen LogP contribution in [0, 0.1) is 0 Å². The molecule has 4 heteroatoms. The second kappa shape index (κ2) is 5.26. The summed E-state index contributed by atoms with van der Waals surface area (Å²) in [5.41, 5.74) is 1.51. The van der Waals surface area contributed by atoms with Crippen molar-refractivity contribution in [1.29, 1.82) is 0 Å². The lowest BCUT2D eigenvalue weighted by Crippen LogP contribution is -2.53. The minimum absolute atomic E-state index is 0.275. The standard InChI is InChI=1S/C16H24N2O2/c1-16(2,3)18-9-7-17(8-10-18)11-13-5-4-6-14-15(13)20-12-19-14/h4-6H,7-12H2,1-3H3. The number of rotatable bonds is 2. The zero-order valence-electron chi connectivity index (χ0n) is 12.7. The molecule has 2 aliphatic rings. The van der Waals surface area contributed by atoms with Gasteiger partial charge in [0.15, 0.2) is 11.5 Å². The molecule has 1 aromatic carbocycles. The Morgan fingerprint density at radius 2 is 1.80 bits per heavy atom. The highest BCUT2D eigenvalue weighted by atomic mass is 16.7. The van der Waals surface area contributed by atoms with Crippen LogP contribution in [-0.4, -0.2) is 48.3 Å². The number of hydrogen-bond acceptors (Lipinski definition) is 4. The molecule has 0 aromatic heterocycles. The molecular formula is C16H24N2O2. The Bertz CT molecular complexity index is 474. The first-order valence-corrected chi connectivity index (χ1v) is 7.39. The number of fused-ring (bicyclic) bond motifs is 1. The van der Waals surface area contributed by atoms with Crippen molar-refractivity contribution in [2.75, 3.05) is 33.0 Å². The molecule has 2 heterocycles. The van der Waals surface area contributed by atoms with Crippen molar-refractivity contribution in [1.82, 2.24) is 9.80 Å². The topological polar surface area (TPSA) is 24.9 Å². The molecule has 0 saturated carbocycles. The number of ether oxygens (including phenoxy) is 2. The fraction of sp³-hybridized carbons (Fsp3) is 0.625. The molecule has 2 aliphatic heterocycles. The number of para-hydroxylation sites is 1. The van der Waals surface area contributed by atoms with E-state index in [9.17, 15) is 0 Å². The number of nitrogens with zero attached hydrogens (tertiary/aromatic N) is 2. The molecule has 0 radical (unpaired) electrons. The van der Waals surface area contributed by atoms with Gasteiger partial charge in [-0.15, -0.1) is 0 Å². The van der Waals surface area contributed by atoms with Crippen molar-refractivity contribution in [2.45, 2.75) is 32.9 Å². The Balaban J connectivity index is 1.62. The van der Waals surface area contributed by atoms with E-state index in [0.29, 0.717) is 6.79 Å². The number of benzene rings is 1. The third kappa shape index (κ3) is 2.76. The van der Waals surface area contributed by atoms with Crippen LogP contribution in [0.4, 0.5) is 0 Å². The number of piperazine rings is 1. The van der Waals surface area contributed by atoms with Crippen LogP contribution in [0.5, 0.6) is 11.5 Å². The maximum atomic E-state index is 5.59. The van der Waals surface area contributed by atoms with Gasteiger partial charge in [-0.25, -0.2) is 0 Å². The minimum Gasteiger partial charge on any atom is -0.454 e. The summed E-state index contributed by atoms with van der Waals surface area (Å²) in [6.45, 7) is 12.7. The molecule has 0 unspecified atom stereocenters. The molecule has 1 saturated heterocycles. The minimum atomic E-state index is 0.275. The summed E-state index contributed by atoms with van der Waals surface area (Å²) in [6.07, 6.45) is 0. The van der Waals surface area contributed by atoms with Crippen LogP contribution in [-0.2, 0) is 6.54 Å². The summed E-state index contributed by atoms with van der Waals surface area (Å²) in [7, 11) is 0. The molecule has 4 nitrogen and oxygen atoms in total. The average Bonchev–Trinajstić information content (AvgIpc) is 2.88. The Kier molecular flexibility index (Phi) is 3.61. The molecular weight excluding hydrogens is 252 g/mol. The quantitative estimate of drug-likeness (QED) is 0.828. The Labute approximate surface area is 121 Å². The maximum absolute atomic E-state index is 5.59. The van der Waals surface area contributed by atoms with Gasteiger partial charge in [0.2, 0.25) is 6.79 Å². The molecule has 0 bridgehead atoms. The summed E-state index contributed by atoms with van der Waals surface area (Å²) in [5.74, 6) is 1.82. The van der Waals surface area contributed by atoms with Crippen LogP contribution in [0.25, 0.3) is 0 Å². The first kappa shape index (κ1) is 13.7. The van der Waals surface area contributed by atoms with Gasteiger partial charge in [-0.2, -0.15) is 0 Å². The monoisotopic (exact) mass is 276 g/mol. The lowest BCUT2D eigenvalue weighted by atomic mass is 10.0. The second-order valence-corrected chi connectivity index (χ2v) is 6.58. The van der Waals surface area contributed by atoms with Crippen LogP contribution >= 0.6 is 0 Å². The SMILES string of the molecule is CC(C)(C)N1CCN(Cc2cccc3c2OCO3)CC1. The molecule has 0 aliphatic carbocycles. The van der Waals surface area contributed by atoms with Gasteiger partial charge in [-0.05, 0) is 26.8 Å². The average molecular weight is 276 g/mol. The van der Waals surface area contributed by atoms with Gasteiger partial charge in [-0.1, -0.05) is 12.1 Å². The van der Waals surface area contributed by atoms with Crippen molar-refractivity contribution in [3.8, 4) is 11.5 Å². The van der Waals surface area contributed by atoms with Crippen LogP contribution in [0.2, 0.25) is 0 Å². The molecule has 110 valence electrons. The summed E-state index contributed by atoms with van der Waals surface area (Å²) >= 11 is 0. The molecule has 0 spiro atoms. The van der Waals surface area contributed by atoms with E-state index in [0.717, 1.165) is 44.2 Å². The summed E-state index contributed by atoms with van der Waals surface area (Å²) < 4.78 is 11.0. The van der Waals surface area contributed by atoms with Crippen LogP contribution < -0.4 is 9.47 Å². The van der Waals surface area contributed by atoms with E-state index in [1.54, 1.807) is 0 Å². The molecule has 0 N–H and O–H groups in total. The van der Waals surface area contributed by atoms with Gasteiger partial charge < -0.3 is 9.47 Å². The van der Waals surface area contributed by atoms with Gasteiger partial charge >= 0.3 is 0 Å². The lowest BCUT2D eigenvalue weighted by molar-refractivity contribution is 0.0586. The van der Waals surface area contributed by atoms with E-state index >= 15 is 0 Å². The fourth-order valence-electron chi connectivity index (χ4n) is 2.93. The predicted octanol–water partition coefficient (Wildman–Crippen LogP) is 2.33.